The van der Waals surface area contributed by atoms with Gasteiger partial charge >= 0.3 is 6.09 Å². The largest absolute Gasteiger partial charge is 0.465 e. The van der Waals surface area contributed by atoms with Gasteiger partial charge in [-0.15, -0.1) is 0 Å². The number of aryl methyl sites for hydroxylation is 2. The fourth-order valence-electron chi connectivity index (χ4n) is 3.37. The molecule has 3 rings (SSSR count). The lowest BCUT2D eigenvalue weighted by molar-refractivity contribution is 0.151. The summed E-state index contributed by atoms with van der Waals surface area (Å²) in [6.45, 7) is 3.09. The third-order valence-electron chi connectivity index (χ3n) is 5.34. The van der Waals surface area contributed by atoms with Crippen LogP contribution in [0.4, 0.5) is 4.79 Å². The van der Waals surface area contributed by atoms with E-state index in [1.807, 2.05) is 13.8 Å². The number of amides is 1. The Labute approximate surface area is 187 Å². The van der Waals surface area contributed by atoms with Gasteiger partial charge in [-0.1, -0.05) is 35.4 Å². The van der Waals surface area contributed by atoms with Crippen LogP contribution in [0.1, 0.15) is 11.1 Å². The second-order valence-electron chi connectivity index (χ2n) is 7.81. The summed E-state index contributed by atoms with van der Waals surface area (Å²) in [7, 11) is -8.08. The predicted octanol–water partition coefficient (Wildman–Crippen LogP) is 2.64. The normalized spacial score (nSPS) is 19.2. The predicted molar refractivity (Wildman–Crippen MR) is 115 cm³/mol. The summed E-state index contributed by atoms with van der Waals surface area (Å²) in [5.41, 5.74) is 1.78. The van der Waals surface area contributed by atoms with Crippen LogP contribution in [0.2, 0.25) is 0 Å². The molecule has 2 aromatic carbocycles. The first-order valence-corrected chi connectivity index (χ1v) is 12.7. The highest BCUT2D eigenvalue weighted by molar-refractivity contribution is 7.87. The van der Waals surface area contributed by atoms with Crippen LogP contribution < -0.4 is 0 Å². The molecule has 1 heterocycles. The van der Waals surface area contributed by atoms with Gasteiger partial charge in [-0.3, -0.25) is 8.37 Å². The van der Waals surface area contributed by atoms with Crippen molar-refractivity contribution in [2.45, 2.75) is 23.6 Å². The van der Waals surface area contributed by atoms with Crippen LogP contribution in [-0.4, -0.2) is 59.2 Å². The maximum Gasteiger partial charge on any atom is 0.407 e. The van der Waals surface area contributed by atoms with E-state index >= 15 is 0 Å². The second kappa shape index (κ2) is 9.57. The first-order chi connectivity index (χ1) is 15.0. The van der Waals surface area contributed by atoms with Crippen LogP contribution in [0.15, 0.2) is 58.3 Å². The van der Waals surface area contributed by atoms with Gasteiger partial charge in [0.25, 0.3) is 20.2 Å². The average molecular weight is 484 g/mol. The molecule has 0 aromatic heterocycles. The quantitative estimate of drug-likeness (QED) is 0.568. The SMILES string of the molecule is Cc1ccc(S(=O)(=O)OC[C@@H]2CN(C(=O)O)C[C@H]2COS(=O)(=O)c2ccc(C)cc2)cc1. The molecule has 32 heavy (non-hydrogen) atoms. The minimum Gasteiger partial charge on any atom is -0.465 e. The van der Waals surface area contributed by atoms with Crippen molar-refractivity contribution in [3.63, 3.8) is 0 Å². The van der Waals surface area contributed by atoms with Crippen molar-refractivity contribution in [3.8, 4) is 0 Å². The van der Waals surface area contributed by atoms with E-state index in [4.69, 9.17) is 8.37 Å². The minimum absolute atomic E-state index is 0.00839. The standard InChI is InChI=1S/C21H25NO8S2/c1-15-3-7-19(8-4-15)31(25,26)29-13-17-11-22(21(23)24)12-18(17)14-30-32(27,28)20-9-5-16(2)6-10-20/h3-10,17-18H,11-14H2,1-2H3,(H,23,24)/t17-,18-/m0/s1. The fourth-order valence-corrected chi connectivity index (χ4v) is 5.29. The molecule has 1 aliphatic rings. The number of nitrogens with zero attached hydrogens (tertiary/aromatic N) is 1. The van der Waals surface area contributed by atoms with Crippen LogP contribution >= 0.6 is 0 Å². The smallest absolute Gasteiger partial charge is 0.407 e. The van der Waals surface area contributed by atoms with Crippen LogP contribution in [-0.2, 0) is 28.6 Å². The molecule has 0 radical (unpaired) electrons. The Morgan fingerprint density at radius 3 is 1.47 bits per heavy atom. The maximum atomic E-state index is 12.5. The van der Waals surface area contributed by atoms with Gasteiger partial charge in [0.05, 0.1) is 23.0 Å². The topological polar surface area (TPSA) is 127 Å². The van der Waals surface area contributed by atoms with Gasteiger partial charge in [0.15, 0.2) is 0 Å². The zero-order valence-electron chi connectivity index (χ0n) is 17.7. The van der Waals surface area contributed by atoms with Gasteiger partial charge < -0.3 is 10.0 Å². The van der Waals surface area contributed by atoms with Crippen molar-refractivity contribution < 1.29 is 35.1 Å². The molecule has 2 aromatic rings. The van der Waals surface area contributed by atoms with Gasteiger partial charge in [0, 0.05) is 24.9 Å². The third-order valence-corrected chi connectivity index (χ3v) is 7.93. The summed E-state index contributed by atoms with van der Waals surface area (Å²) in [4.78, 5) is 12.5. The van der Waals surface area contributed by atoms with Crippen molar-refractivity contribution in [3.05, 3.63) is 59.7 Å². The fraction of sp³-hybridized carbons (Fsp3) is 0.381. The maximum absolute atomic E-state index is 12.5. The number of carboxylic acid groups (broad SMARTS) is 1. The number of rotatable bonds is 8. The molecule has 0 spiro atoms. The molecule has 174 valence electrons. The summed E-state index contributed by atoms with van der Waals surface area (Å²) in [5, 5.41) is 9.32. The first-order valence-electron chi connectivity index (χ1n) is 9.88. The van der Waals surface area contributed by atoms with E-state index in [-0.39, 0.29) is 36.1 Å². The van der Waals surface area contributed by atoms with Gasteiger partial charge in [0.1, 0.15) is 0 Å². The Bertz CT molecular complexity index is 1070. The van der Waals surface area contributed by atoms with Crippen molar-refractivity contribution in [1.82, 2.24) is 4.90 Å². The lowest BCUT2D eigenvalue weighted by atomic mass is 9.98. The molecule has 11 heteroatoms. The summed E-state index contributed by atoms with van der Waals surface area (Å²) >= 11 is 0. The molecule has 9 nitrogen and oxygen atoms in total. The molecule has 0 unspecified atom stereocenters. The average Bonchev–Trinajstić information content (AvgIpc) is 3.15. The minimum atomic E-state index is -4.04. The van der Waals surface area contributed by atoms with Crippen LogP contribution in [0.25, 0.3) is 0 Å². The summed E-state index contributed by atoms with van der Waals surface area (Å²) in [5.74, 6) is -1.11. The van der Waals surface area contributed by atoms with Crippen molar-refractivity contribution in [1.29, 1.82) is 0 Å². The zero-order chi connectivity index (χ0) is 23.5. The summed E-state index contributed by atoms with van der Waals surface area (Å²) in [6.07, 6.45) is -1.18. The van der Waals surface area contributed by atoms with Gasteiger partial charge in [-0.05, 0) is 38.1 Å². The molecular weight excluding hydrogens is 458 g/mol. The van der Waals surface area contributed by atoms with Crippen molar-refractivity contribution in [2.75, 3.05) is 26.3 Å². The monoisotopic (exact) mass is 483 g/mol. The van der Waals surface area contributed by atoms with E-state index in [1.165, 1.54) is 24.3 Å². The zero-order valence-corrected chi connectivity index (χ0v) is 19.3. The van der Waals surface area contributed by atoms with Crippen LogP contribution in [0.3, 0.4) is 0 Å². The lowest BCUT2D eigenvalue weighted by Gasteiger charge is -2.18. The van der Waals surface area contributed by atoms with Gasteiger partial charge in [0.2, 0.25) is 0 Å². The summed E-state index contributed by atoms with van der Waals surface area (Å²) in [6, 6.07) is 12.3. The Morgan fingerprint density at radius 2 is 1.16 bits per heavy atom. The Balaban J connectivity index is 1.69. The molecule has 2 atom stereocenters. The van der Waals surface area contributed by atoms with Crippen LogP contribution in [0.5, 0.6) is 0 Å². The number of likely N-dealkylation sites (tertiary alicyclic amines) is 1. The molecule has 1 aliphatic heterocycles. The number of benzene rings is 2. The lowest BCUT2D eigenvalue weighted by Crippen LogP contribution is -2.27. The van der Waals surface area contributed by atoms with E-state index in [0.717, 1.165) is 16.0 Å². The second-order valence-corrected chi connectivity index (χ2v) is 11.0. The highest BCUT2D eigenvalue weighted by Gasteiger charge is 2.37. The molecule has 0 aliphatic carbocycles. The molecule has 0 bridgehead atoms. The van der Waals surface area contributed by atoms with Gasteiger partial charge in [-0.2, -0.15) is 16.8 Å². The van der Waals surface area contributed by atoms with E-state index < -0.39 is 38.2 Å². The Hall–Kier alpha value is -2.47. The third kappa shape index (κ3) is 5.85. The van der Waals surface area contributed by atoms with Crippen molar-refractivity contribution >= 4 is 26.3 Å². The summed E-state index contributed by atoms with van der Waals surface area (Å²) < 4.78 is 60.2. The highest BCUT2D eigenvalue weighted by atomic mass is 32.2. The van der Waals surface area contributed by atoms with E-state index in [1.54, 1.807) is 24.3 Å². The van der Waals surface area contributed by atoms with Gasteiger partial charge in [-0.25, -0.2) is 4.79 Å². The number of hydrogen-bond acceptors (Lipinski definition) is 7. The molecule has 1 saturated heterocycles. The molecular formula is C21H25NO8S2. The van der Waals surface area contributed by atoms with Crippen molar-refractivity contribution in [2.24, 2.45) is 11.8 Å². The molecule has 1 fully saturated rings. The molecule has 1 N–H and O–H groups in total. The van der Waals surface area contributed by atoms with E-state index in [9.17, 15) is 26.7 Å². The Morgan fingerprint density at radius 1 is 0.812 bits per heavy atom. The molecule has 1 amide bonds. The van der Waals surface area contributed by atoms with E-state index in [0.29, 0.717) is 0 Å². The first kappa shape index (κ1) is 24.2. The highest BCUT2D eigenvalue weighted by Crippen LogP contribution is 2.27. The van der Waals surface area contributed by atoms with Crippen LogP contribution in [0, 0.1) is 25.7 Å². The van der Waals surface area contributed by atoms with E-state index in [2.05, 4.69) is 0 Å². The number of hydrogen-bond donors (Lipinski definition) is 1. The molecule has 0 saturated carbocycles. The Kier molecular flexibility index (Phi) is 7.23. The number of carbonyl (C=O) groups is 1.